The van der Waals surface area contributed by atoms with E-state index in [1.165, 1.54) is 0 Å². The molecule has 1 fully saturated rings. The van der Waals surface area contributed by atoms with Gasteiger partial charge in [-0.1, -0.05) is 95.9 Å². The summed E-state index contributed by atoms with van der Waals surface area (Å²) in [5.74, 6) is 0.902. The fraction of sp³-hybridized carbons (Fsp3) is 0.818. The normalized spacial score (nSPS) is 21.3. The lowest BCUT2D eigenvalue weighted by atomic mass is 9.94. The third kappa shape index (κ3) is 13.4. The zero-order valence-electron chi connectivity index (χ0n) is 40.4. The molecule has 3 rings (SSSR count). The summed E-state index contributed by atoms with van der Waals surface area (Å²) >= 11 is 0. The third-order valence-electron chi connectivity index (χ3n) is 14.3. The molecular formula is C44H87N5O4Si4. The maximum atomic E-state index is 7.71. The first-order valence-electron chi connectivity index (χ1n) is 21.9. The van der Waals surface area contributed by atoms with Gasteiger partial charge in [0.05, 0.1) is 42.8 Å². The van der Waals surface area contributed by atoms with Crippen molar-refractivity contribution in [1.82, 2.24) is 19.7 Å². The number of likely N-dealkylation sites (tertiary alicyclic amines) is 1. The molecule has 57 heavy (non-hydrogen) atoms. The second-order valence-electron chi connectivity index (χ2n) is 22.9. The van der Waals surface area contributed by atoms with Gasteiger partial charge in [0, 0.05) is 25.5 Å². The molecule has 328 valence electrons. The molecule has 2 aromatic heterocycles. The average Bonchev–Trinajstić information content (AvgIpc) is 3.59. The monoisotopic (exact) mass is 862 g/mol. The zero-order valence-corrected chi connectivity index (χ0v) is 44.4. The molecule has 0 radical (unpaired) electrons. The first-order chi connectivity index (χ1) is 25.8. The molecule has 1 aliphatic heterocycles. The van der Waals surface area contributed by atoms with Crippen LogP contribution in [0.1, 0.15) is 109 Å². The fourth-order valence-electron chi connectivity index (χ4n) is 6.12. The number of unbranched alkanes of at least 4 members (excludes halogenated alkanes) is 3. The molecule has 4 atom stereocenters. The highest BCUT2D eigenvalue weighted by atomic mass is 28.4. The van der Waals surface area contributed by atoms with Gasteiger partial charge in [-0.15, -0.1) is 0 Å². The predicted molar refractivity (Wildman–Crippen MR) is 253 cm³/mol. The second kappa shape index (κ2) is 18.8. The van der Waals surface area contributed by atoms with E-state index in [0.29, 0.717) is 6.61 Å². The number of pyridine rings is 1. The molecular weight excluding hydrogens is 775 g/mol. The molecule has 0 bridgehead atoms. The summed E-state index contributed by atoms with van der Waals surface area (Å²) in [6, 6.07) is 6.08. The summed E-state index contributed by atoms with van der Waals surface area (Å²) in [5, 5.41) is 8.10. The van der Waals surface area contributed by atoms with E-state index in [-0.39, 0.29) is 44.5 Å². The Balaban J connectivity index is 1.93. The lowest BCUT2D eigenvalue weighted by molar-refractivity contribution is -0.128. The standard InChI is InChI=1S/C44H87N5O4Si4/c1-41(2,3)54(13,14)50-34-36-39(52-56(17,18)43(7,8)9)40(53-57(19,20)44(10,11)12)37(51-55(15,16)42(4,5)6)33-48(36)30-24-22-21-23-28-45-38-27-26-35(32-46-38)49-31-25-29-47-49/h25-27,29,31-32,36-37,39-40H,21-24,28,30,33-34H2,1-20H3,(H,45,46)/t36-,37?,39?,40?/m1/s1. The molecule has 2 aromatic rings. The van der Waals surface area contributed by atoms with Gasteiger partial charge in [-0.25, -0.2) is 9.67 Å². The summed E-state index contributed by atoms with van der Waals surface area (Å²) in [6.07, 6.45) is 9.68. The number of aromatic nitrogens is 3. The molecule has 0 amide bonds. The fourth-order valence-corrected chi connectivity index (χ4v) is 11.1. The summed E-state index contributed by atoms with van der Waals surface area (Å²) in [6.45, 7) is 50.7. The Morgan fingerprint density at radius 3 is 1.68 bits per heavy atom. The lowest BCUT2D eigenvalue weighted by Crippen LogP contribution is -2.70. The van der Waals surface area contributed by atoms with Crippen molar-refractivity contribution in [2.24, 2.45) is 0 Å². The quantitative estimate of drug-likeness (QED) is 0.117. The number of nitrogens with zero attached hydrogens (tertiary/aromatic N) is 4. The minimum absolute atomic E-state index is 0.0444. The van der Waals surface area contributed by atoms with E-state index in [9.17, 15) is 0 Å². The van der Waals surface area contributed by atoms with E-state index in [4.69, 9.17) is 17.7 Å². The molecule has 0 saturated carbocycles. The topological polar surface area (TPSA) is 82.9 Å². The Bertz CT molecular complexity index is 1510. The van der Waals surface area contributed by atoms with E-state index in [1.54, 1.807) is 6.20 Å². The number of hydrogen-bond acceptors (Lipinski definition) is 8. The highest BCUT2D eigenvalue weighted by molar-refractivity contribution is 6.75. The van der Waals surface area contributed by atoms with Crippen LogP contribution >= 0.6 is 0 Å². The van der Waals surface area contributed by atoms with Gasteiger partial charge in [-0.2, -0.15) is 5.10 Å². The summed E-state index contributed by atoms with van der Waals surface area (Å²) in [5.41, 5.74) is 0.961. The SMILES string of the molecule is CC(C)(C)[Si](C)(C)OC[C@@H]1C(O[Si](C)(C)C(C)(C)C)C(O[Si](C)(C)C(C)(C)C)C(O[Si](C)(C)C(C)(C)C)CN1CCCCCCNc1ccc(-n2cccn2)cn1. The van der Waals surface area contributed by atoms with E-state index in [0.717, 1.165) is 56.8 Å². The van der Waals surface area contributed by atoms with Crippen molar-refractivity contribution in [3.05, 3.63) is 36.8 Å². The van der Waals surface area contributed by atoms with Gasteiger partial charge in [-0.05, 0) is 110 Å². The Kier molecular flexibility index (Phi) is 16.6. The van der Waals surface area contributed by atoms with Gasteiger partial charge >= 0.3 is 0 Å². The van der Waals surface area contributed by atoms with Crippen LogP contribution in [0.25, 0.3) is 5.69 Å². The van der Waals surface area contributed by atoms with Crippen LogP contribution in [0, 0.1) is 0 Å². The first-order valence-corrected chi connectivity index (χ1v) is 33.5. The molecule has 9 nitrogen and oxygen atoms in total. The molecule has 0 aliphatic carbocycles. The number of nitrogens with one attached hydrogen (secondary N) is 1. The average molecular weight is 863 g/mol. The van der Waals surface area contributed by atoms with Crippen molar-refractivity contribution in [3.8, 4) is 5.69 Å². The number of anilines is 1. The van der Waals surface area contributed by atoms with Crippen LogP contribution in [-0.2, 0) is 17.7 Å². The molecule has 13 heteroatoms. The van der Waals surface area contributed by atoms with Crippen molar-refractivity contribution in [1.29, 1.82) is 0 Å². The van der Waals surface area contributed by atoms with E-state index in [1.807, 2.05) is 29.2 Å². The van der Waals surface area contributed by atoms with E-state index < -0.39 is 33.3 Å². The number of piperidine rings is 1. The zero-order chi connectivity index (χ0) is 43.5. The minimum Gasteiger partial charge on any atom is -0.415 e. The molecule has 3 unspecified atom stereocenters. The number of rotatable bonds is 18. The van der Waals surface area contributed by atoms with Crippen LogP contribution in [0.4, 0.5) is 5.82 Å². The highest BCUT2D eigenvalue weighted by Crippen LogP contribution is 2.46. The van der Waals surface area contributed by atoms with Crippen molar-refractivity contribution in [2.45, 2.75) is 206 Å². The molecule has 1 aliphatic rings. The van der Waals surface area contributed by atoms with Crippen molar-refractivity contribution >= 4 is 39.1 Å². The lowest BCUT2D eigenvalue weighted by Gasteiger charge is -2.56. The van der Waals surface area contributed by atoms with Crippen LogP contribution in [-0.4, -0.2) is 104 Å². The van der Waals surface area contributed by atoms with Gasteiger partial charge in [0.1, 0.15) is 5.82 Å². The third-order valence-corrected chi connectivity index (χ3v) is 32.2. The molecule has 3 heterocycles. The molecule has 1 N–H and O–H groups in total. The second-order valence-corrected chi connectivity index (χ2v) is 42.0. The maximum absolute atomic E-state index is 7.71. The summed E-state index contributed by atoms with van der Waals surface area (Å²) in [4.78, 5) is 7.32. The first kappa shape index (κ1) is 50.2. The summed E-state index contributed by atoms with van der Waals surface area (Å²) in [7, 11) is -8.74. The van der Waals surface area contributed by atoms with Crippen LogP contribution in [0.5, 0.6) is 0 Å². The van der Waals surface area contributed by atoms with Crippen LogP contribution < -0.4 is 5.32 Å². The van der Waals surface area contributed by atoms with Crippen LogP contribution in [0.15, 0.2) is 36.8 Å². The highest BCUT2D eigenvalue weighted by Gasteiger charge is 2.55. The largest absolute Gasteiger partial charge is 0.415 e. The summed E-state index contributed by atoms with van der Waals surface area (Å²) < 4.78 is 31.9. The van der Waals surface area contributed by atoms with Crippen LogP contribution in [0.3, 0.4) is 0 Å². The predicted octanol–water partition coefficient (Wildman–Crippen LogP) is 12.1. The van der Waals surface area contributed by atoms with E-state index >= 15 is 0 Å². The minimum atomic E-state index is -2.26. The van der Waals surface area contributed by atoms with E-state index in [2.05, 4.69) is 162 Å². The molecule has 0 spiro atoms. The molecule has 0 aromatic carbocycles. The van der Waals surface area contributed by atoms with Gasteiger partial charge in [-0.3, -0.25) is 4.90 Å². The van der Waals surface area contributed by atoms with Gasteiger partial charge in [0.25, 0.3) is 0 Å². The Morgan fingerprint density at radius 1 is 0.667 bits per heavy atom. The Morgan fingerprint density at radius 2 is 1.19 bits per heavy atom. The number of hydrogen-bond donors (Lipinski definition) is 1. The van der Waals surface area contributed by atoms with Gasteiger partial charge in [0.15, 0.2) is 33.3 Å². The Labute approximate surface area is 354 Å². The van der Waals surface area contributed by atoms with Crippen molar-refractivity contribution < 1.29 is 17.7 Å². The van der Waals surface area contributed by atoms with Crippen molar-refractivity contribution in [3.63, 3.8) is 0 Å². The molecule has 1 saturated heterocycles. The smallest absolute Gasteiger partial charge is 0.192 e. The van der Waals surface area contributed by atoms with Crippen LogP contribution in [0.2, 0.25) is 72.5 Å². The van der Waals surface area contributed by atoms with Gasteiger partial charge < -0.3 is 23.0 Å². The van der Waals surface area contributed by atoms with Gasteiger partial charge in [0.2, 0.25) is 0 Å². The Hall–Kier alpha value is -1.17. The maximum Gasteiger partial charge on any atom is 0.192 e. The van der Waals surface area contributed by atoms with Crippen molar-refractivity contribution in [2.75, 3.05) is 31.6 Å².